The van der Waals surface area contributed by atoms with Crippen LogP contribution in [0.5, 0.6) is 0 Å². The summed E-state index contributed by atoms with van der Waals surface area (Å²) >= 11 is 2.70. The van der Waals surface area contributed by atoms with Crippen LogP contribution in [0.2, 0.25) is 0 Å². The third-order valence-corrected chi connectivity index (χ3v) is 5.58. The molecule has 0 spiro atoms. The van der Waals surface area contributed by atoms with E-state index in [1.807, 2.05) is 44.2 Å². The number of benzene rings is 1. The number of carbonyl (C=O) groups is 1. The van der Waals surface area contributed by atoms with Crippen LogP contribution in [0.15, 0.2) is 30.3 Å². The Labute approximate surface area is 147 Å². The van der Waals surface area contributed by atoms with Gasteiger partial charge in [0.2, 0.25) is 5.13 Å². The summed E-state index contributed by atoms with van der Waals surface area (Å²) in [6.45, 7) is 3.88. The van der Waals surface area contributed by atoms with Gasteiger partial charge >= 0.3 is 0 Å². The Morgan fingerprint density at radius 1 is 1.25 bits per heavy atom. The van der Waals surface area contributed by atoms with Crippen molar-refractivity contribution in [3.63, 3.8) is 0 Å². The lowest BCUT2D eigenvalue weighted by Crippen LogP contribution is -2.29. The Morgan fingerprint density at radius 3 is 2.58 bits per heavy atom. The zero-order chi connectivity index (χ0) is 17.1. The van der Waals surface area contributed by atoms with Gasteiger partial charge in [-0.3, -0.25) is 4.79 Å². The van der Waals surface area contributed by atoms with Gasteiger partial charge in [0.15, 0.2) is 0 Å². The van der Waals surface area contributed by atoms with E-state index >= 15 is 0 Å². The van der Waals surface area contributed by atoms with Crippen LogP contribution < -0.4 is 11.1 Å². The first-order valence-corrected chi connectivity index (χ1v) is 9.12. The van der Waals surface area contributed by atoms with E-state index in [1.165, 1.54) is 22.7 Å². The van der Waals surface area contributed by atoms with Crippen molar-refractivity contribution in [1.82, 2.24) is 20.5 Å². The van der Waals surface area contributed by atoms with E-state index in [1.54, 1.807) is 0 Å². The molecular formula is C16H17N5OS2. The lowest BCUT2D eigenvalue weighted by Gasteiger charge is -2.16. The third kappa shape index (κ3) is 3.44. The average Bonchev–Trinajstić information content (AvgIpc) is 3.19. The number of amides is 1. The van der Waals surface area contributed by atoms with Gasteiger partial charge in [-0.2, -0.15) is 0 Å². The van der Waals surface area contributed by atoms with Crippen LogP contribution in [0.25, 0.3) is 0 Å². The molecule has 0 saturated carbocycles. The Hall–Kier alpha value is -2.32. The van der Waals surface area contributed by atoms with Gasteiger partial charge in [0.25, 0.3) is 5.91 Å². The summed E-state index contributed by atoms with van der Waals surface area (Å²) in [5.41, 5.74) is 7.38. The summed E-state index contributed by atoms with van der Waals surface area (Å²) in [6.07, 6.45) is 0.813. The molecule has 6 nitrogen and oxygen atoms in total. The molecule has 0 fully saturated rings. The number of rotatable bonds is 5. The van der Waals surface area contributed by atoms with E-state index in [0.29, 0.717) is 15.0 Å². The monoisotopic (exact) mass is 359 g/mol. The number of aromatic nitrogens is 3. The van der Waals surface area contributed by atoms with Gasteiger partial charge in [-0.05, 0) is 18.9 Å². The van der Waals surface area contributed by atoms with Gasteiger partial charge in [-0.15, -0.1) is 21.5 Å². The summed E-state index contributed by atoms with van der Waals surface area (Å²) in [6, 6.07) is 9.27. The van der Waals surface area contributed by atoms with Crippen LogP contribution in [0.4, 0.5) is 5.13 Å². The van der Waals surface area contributed by atoms with Crippen molar-refractivity contribution in [3.8, 4) is 0 Å². The average molecular weight is 359 g/mol. The normalized spacial score (nSPS) is 12.1. The fourth-order valence-electron chi connectivity index (χ4n) is 2.31. The number of hydrogen-bond donors (Lipinski definition) is 2. The topological polar surface area (TPSA) is 93.8 Å². The van der Waals surface area contributed by atoms with Gasteiger partial charge in [0, 0.05) is 0 Å². The Kier molecular flexibility index (Phi) is 4.86. The first-order valence-electron chi connectivity index (χ1n) is 7.49. The molecule has 2 heterocycles. The van der Waals surface area contributed by atoms with Crippen molar-refractivity contribution in [2.45, 2.75) is 26.3 Å². The Balaban J connectivity index is 1.92. The van der Waals surface area contributed by atoms with Gasteiger partial charge in [0.05, 0.1) is 10.7 Å². The highest BCUT2D eigenvalue weighted by molar-refractivity contribution is 7.15. The number of hydrogen-bond acceptors (Lipinski definition) is 7. The number of anilines is 1. The molecule has 2 aromatic heterocycles. The van der Waals surface area contributed by atoms with Gasteiger partial charge in [0.1, 0.15) is 15.9 Å². The maximum Gasteiger partial charge on any atom is 0.264 e. The highest BCUT2D eigenvalue weighted by Gasteiger charge is 2.23. The molecule has 3 aromatic rings. The van der Waals surface area contributed by atoms with Crippen molar-refractivity contribution in [3.05, 3.63) is 56.5 Å². The smallest absolute Gasteiger partial charge is 0.264 e. The molecule has 0 saturated heterocycles. The second kappa shape index (κ2) is 7.06. The van der Waals surface area contributed by atoms with Crippen molar-refractivity contribution < 1.29 is 4.79 Å². The van der Waals surface area contributed by atoms with Crippen LogP contribution >= 0.6 is 22.7 Å². The van der Waals surface area contributed by atoms with E-state index in [4.69, 9.17) is 5.73 Å². The number of nitrogen functional groups attached to an aromatic ring is 1. The van der Waals surface area contributed by atoms with Gasteiger partial charge in [-0.1, -0.05) is 48.6 Å². The molecule has 24 heavy (non-hydrogen) atoms. The molecule has 1 atom stereocenters. The minimum Gasteiger partial charge on any atom is -0.374 e. The molecule has 124 valence electrons. The standard InChI is InChI=1S/C16H17N5OS2/c1-3-11-18-9(2)13(23-11)14(22)19-12(10-7-5-4-6-8-10)15-20-21-16(17)24-15/h4-8,12H,3H2,1-2H3,(H2,17,21)(H,19,22). The third-order valence-electron chi connectivity index (χ3n) is 3.46. The van der Waals surface area contributed by atoms with E-state index in [9.17, 15) is 4.79 Å². The molecule has 0 aliphatic carbocycles. The lowest BCUT2D eigenvalue weighted by molar-refractivity contribution is 0.0946. The molecule has 1 aromatic carbocycles. The number of nitrogens with one attached hydrogen (secondary N) is 1. The number of nitrogens with two attached hydrogens (primary N) is 1. The Morgan fingerprint density at radius 2 is 2.00 bits per heavy atom. The fourth-order valence-corrected chi connectivity index (χ4v) is 3.91. The highest BCUT2D eigenvalue weighted by atomic mass is 32.1. The lowest BCUT2D eigenvalue weighted by atomic mass is 10.1. The first-order chi connectivity index (χ1) is 11.6. The molecule has 3 N–H and O–H groups in total. The van der Waals surface area contributed by atoms with Crippen molar-refractivity contribution in [1.29, 1.82) is 0 Å². The SMILES string of the molecule is CCc1nc(C)c(C(=O)NC(c2ccccc2)c2nnc(N)s2)s1. The molecule has 0 aliphatic heterocycles. The summed E-state index contributed by atoms with van der Waals surface area (Å²) < 4.78 is 0. The molecular weight excluding hydrogens is 342 g/mol. The predicted molar refractivity (Wildman–Crippen MR) is 96.3 cm³/mol. The van der Waals surface area contributed by atoms with E-state index in [2.05, 4.69) is 20.5 Å². The maximum atomic E-state index is 12.7. The number of carbonyl (C=O) groups excluding carboxylic acids is 1. The van der Waals surface area contributed by atoms with E-state index in [0.717, 1.165) is 22.7 Å². The number of nitrogens with zero attached hydrogens (tertiary/aromatic N) is 3. The van der Waals surface area contributed by atoms with Crippen molar-refractivity contribution in [2.75, 3.05) is 5.73 Å². The molecule has 8 heteroatoms. The zero-order valence-electron chi connectivity index (χ0n) is 13.3. The summed E-state index contributed by atoms with van der Waals surface area (Å²) in [5.74, 6) is -0.160. The van der Waals surface area contributed by atoms with E-state index < -0.39 is 0 Å². The van der Waals surface area contributed by atoms with Gasteiger partial charge < -0.3 is 11.1 Å². The molecule has 0 radical (unpaired) electrons. The summed E-state index contributed by atoms with van der Waals surface area (Å²) in [7, 11) is 0. The van der Waals surface area contributed by atoms with Crippen molar-refractivity contribution >= 4 is 33.7 Å². The zero-order valence-corrected chi connectivity index (χ0v) is 14.9. The molecule has 1 unspecified atom stereocenters. The van der Waals surface area contributed by atoms with Crippen LogP contribution in [0, 0.1) is 6.92 Å². The molecule has 3 rings (SSSR count). The van der Waals surface area contributed by atoms with Crippen LogP contribution in [0.3, 0.4) is 0 Å². The second-order valence-corrected chi connectivity index (χ2v) is 7.30. The molecule has 0 aliphatic rings. The summed E-state index contributed by atoms with van der Waals surface area (Å²) in [5, 5.41) is 13.0. The second-order valence-electron chi connectivity index (χ2n) is 5.17. The Bertz CT molecular complexity index is 843. The predicted octanol–water partition coefficient (Wildman–Crippen LogP) is 2.97. The minimum atomic E-state index is -0.389. The van der Waals surface area contributed by atoms with Crippen LogP contribution in [-0.4, -0.2) is 21.1 Å². The first kappa shape index (κ1) is 16.5. The van der Waals surface area contributed by atoms with Crippen molar-refractivity contribution in [2.24, 2.45) is 0 Å². The quantitative estimate of drug-likeness (QED) is 0.730. The number of aryl methyl sites for hydroxylation is 2. The molecule has 0 bridgehead atoms. The van der Waals surface area contributed by atoms with Gasteiger partial charge in [-0.25, -0.2) is 4.98 Å². The fraction of sp³-hybridized carbons (Fsp3) is 0.250. The highest BCUT2D eigenvalue weighted by Crippen LogP contribution is 2.27. The van der Waals surface area contributed by atoms with Crippen LogP contribution in [0.1, 0.15) is 43.9 Å². The summed E-state index contributed by atoms with van der Waals surface area (Å²) in [4.78, 5) is 17.8. The number of thiazole rings is 1. The largest absolute Gasteiger partial charge is 0.374 e. The molecule has 1 amide bonds. The maximum absolute atomic E-state index is 12.7. The van der Waals surface area contributed by atoms with Crippen LogP contribution in [-0.2, 0) is 6.42 Å². The minimum absolute atomic E-state index is 0.160. The van der Waals surface area contributed by atoms with E-state index in [-0.39, 0.29) is 11.9 Å².